The van der Waals surface area contributed by atoms with Gasteiger partial charge in [-0.3, -0.25) is 4.79 Å². The molecular weight excluding hydrogens is 316 g/mol. The Kier molecular flexibility index (Phi) is 7.70. The molecule has 0 aliphatic rings. The summed E-state index contributed by atoms with van der Waals surface area (Å²) in [5, 5.41) is 20.5. The van der Waals surface area contributed by atoms with E-state index in [-0.39, 0.29) is 19.4 Å². The van der Waals surface area contributed by atoms with E-state index in [1.807, 2.05) is 6.07 Å². The second-order valence-corrected chi connectivity index (χ2v) is 5.58. The van der Waals surface area contributed by atoms with Crippen molar-refractivity contribution in [1.29, 1.82) is 0 Å². The van der Waals surface area contributed by atoms with Crippen molar-refractivity contribution in [3.8, 4) is 0 Å². The Morgan fingerprint density at radius 3 is 2.25 bits per heavy atom. The number of nitrogens with one attached hydrogen (secondary N) is 1. The summed E-state index contributed by atoms with van der Waals surface area (Å²) in [4.78, 5) is 34.2. The fourth-order valence-corrected chi connectivity index (χ4v) is 2.16. The lowest BCUT2D eigenvalue weighted by molar-refractivity contribution is -0.144. The molecule has 0 bridgehead atoms. The van der Waals surface area contributed by atoms with Gasteiger partial charge in [0.25, 0.3) is 0 Å². The SMILES string of the molecule is C[C@@H](N)C[C@@H](C[C@H](NC(=O)OCc1ccccc1)C(=O)O)C(=O)O. The Hall–Kier alpha value is -2.61. The van der Waals surface area contributed by atoms with Gasteiger partial charge in [-0.25, -0.2) is 9.59 Å². The Labute approximate surface area is 139 Å². The highest BCUT2D eigenvalue weighted by molar-refractivity contribution is 5.81. The van der Waals surface area contributed by atoms with E-state index in [1.54, 1.807) is 31.2 Å². The lowest BCUT2D eigenvalue weighted by Crippen LogP contribution is -2.43. The van der Waals surface area contributed by atoms with Gasteiger partial charge in [-0.2, -0.15) is 0 Å². The second-order valence-electron chi connectivity index (χ2n) is 5.58. The van der Waals surface area contributed by atoms with Crippen molar-refractivity contribution >= 4 is 18.0 Å². The molecule has 0 saturated carbocycles. The average molecular weight is 338 g/mol. The first kappa shape index (κ1) is 19.4. The predicted octanol–water partition coefficient (Wildman–Crippen LogP) is 1.19. The van der Waals surface area contributed by atoms with Gasteiger partial charge in [-0.05, 0) is 25.3 Å². The molecular formula is C16H22N2O6. The normalized spacial score (nSPS) is 14.2. The van der Waals surface area contributed by atoms with Crippen molar-refractivity contribution in [2.75, 3.05) is 0 Å². The van der Waals surface area contributed by atoms with Gasteiger partial charge in [-0.1, -0.05) is 30.3 Å². The summed E-state index contributed by atoms with van der Waals surface area (Å²) in [6.07, 6.45) is -1.08. The highest BCUT2D eigenvalue weighted by Gasteiger charge is 2.29. The van der Waals surface area contributed by atoms with Crippen LogP contribution in [0.5, 0.6) is 0 Å². The largest absolute Gasteiger partial charge is 0.481 e. The summed E-state index contributed by atoms with van der Waals surface area (Å²) in [5.74, 6) is -3.46. The molecule has 0 saturated heterocycles. The van der Waals surface area contributed by atoms with Crippen molar-refractivity contribution in [1.82, 2.24) is 5.32 Å². The highest BCUT2D eigenvalue weighted by atomic mass is 16.5. The molecule has 5 N–H and O–H groups in total. The number of carboxylic acid groups (broad SMARTS) is 2. The number of ether oxygens (including phenoxy) is 1. The Balaban J connectivity index is 2.59. The van der Waals surface area contributed by atoms with Crippen LogP contribution in [0.1, 0.15) is 25.3 Å². The third-order valence-electron chi connectivity index (χ3n) is 3.33. The van der Waals surface area contributed by atoms with Crippen molar-refractivity contribution in [3.05, 3.63) is 35.9 Å². The van der Waals surface area contributed by atoms with Crippen LogP contribution >= 0.6 is 0 Å². The molecule has 1 rings (SSSR count). The zero-order valence-corrected chi connectivity index (χ0v) is 13.3. The lowest BCUT2D eigenvalue weighted by atomic mass is 9.93. The van der Waals surface area contributed by atoms with Crippen LogP contribution in [-0.4, -0.2) is 40.3 Å². The molecule has 0 fully saturated rings. The fourth-order valence-electron chi connectivity index (χ4n) is 2.16. The van der Waals surface area contributed by atoms with E-state index in [9.17, 15) is 19.5 Å². The smallest absolute Gasteiger partial charge is 0.408 e. The van der Waals surface area contributed by atoms with Crippen molar-refractivity contribution in [3.63, 3.8) is 0 Å². The van der Waals surface area contributed by atoms with Gasteiger partial charge >= 0.3 is 18.0 Å². The zero-order valence-electron chi connectivity index (χ0n) is 13.3. The minimum Gasteiger partial charge on any atom is -0.481 e. The molecule has 0 unspecified atom stereocenters. The molecule has 0 aromatic heterocycles. The molecule has 0 spiro atoms. The number of aliphatic carboxylic acids is 2. The van der Waals surface area contributed by atoms with E-state index in [0.717, 1.165) is 5.56 Å². The van der Waals surface area contributed by atoms with Crippen LogP contribution in [-0.2, 0) is 20.9 Å². The number of amides is 1. The number of benzene rings is 1. The minimum atomic E-state index is -1.37. The number of nitrogens with two attached hydrogens (primary N) is 1. The Morgan fingerprint density at radius 1 is 1.12 bits per heavy atom. The third-order valence-corrected chi connectivity index (χ3v) is 3.33. The van der Waals surface area contributed by atoms with Gasteiger partial charge in [0.2, 0.25) is 0 Å². The highest BCUT2D eigenvalue weighted by Crippen LogP contribution is 2.14. The second kappa shape index (κ2) is 9.51. The maximum Gasteiger partial charge on any atom is 0.408 e. The molecule has 24 heavy (non-hydrogen) atoms. The molecule has 1 aromatic carbocycles. The molecule has 3 atom stereocenters. The van der Waals surface area contributed by atoms with Crippen LogP contribution in [0, 0.1) is 5.92 Å². The predicted molar refractivity (Wildman–Crippen MR) is 85.2 cm³/mol. The first-order valence-corrected chi connectivity index (χ1v) is 7.48. The molecule has 132 valence electrons. The van der Waals surface area contributed by atoms with E-state index in [1.165, 1.54) is 0 Å². The Bertz CT molecular complexity index is 561. The van der Waals surface area contributed by atoms with E-state index in [2.05, 4.69) is 5.32 Å². The molecule has 0 radical (unpaired) electrons. The van der Waals surface area contributed by atoms with E-state index in [4.69, 9.17) is 15.6 Å². The van der Waals surface area contributed by atoms with Crippen LogP contribution < -0.4 is 11.1 Å². The quantitative estimate of drug-likeness (QED) is 0.530. The van der Waals surface area contributed by atoms with Gasteiger partial charge in [0.1, 0.15) is 12.6 Å². The maximum absolute atomic E-state index is 11.7. The number of alkyl carbamates (subject to hydrolysis) is 1. The number of rotatable bonds is 9. The van der Waals surface area contributed by atoms with E-state index >= 15 is 0 Å². The first-order valence-electron chi connectivity index (χ1n) is 7.48. The van der Waals surface area contributed by atoms with Gasteiger partial charge < -0.3 is 26.0 Å². The fraction of sp³-hybridized carbons (Fsp3) is 0.438. The molecule has 0 heterocycles. The summed E-state index contributed by atoms with van der Waals surface area (Å²) in [7, 11) is 0. The monoisotopic (exact) mass is 338 g/mol. The van der Waals surface area contributed by atoms with Gasteiger partial charge in [-0.15, -0.1) is 0 Å². The third kappa shape index (κ3) is 7.10. The van der Waals surface area contributed by atoms with Crippen LogP contribution in [0.3, 0.4) is 0 Å². The maximum atomic E-state index is 11.7. The lowest BCUT2D eigenvalue weighted by Gasteiger charge is -2.20. The minimum absolute atomic E-state index is 0.0127. The molecule has 8 heteroatoms. The summed E-state index contributed by atoms with van der Waals surface area (Å²) in [5.41, 5.74) is 6.32. The standard InChI is InChI=1S/C16H22N2O6/c1-10(17)7-12(14(19)20)8-13(15(21)22)18-16(23)24-9-11-5-3-2-4-6-11/h2-6,10,12-13H,7-9,17H2,1H3,(H,18,23)(H,19,20)(H,21,22)/t10-,12+,13+/m1/s1. The summed E-state index contributed by atoms with van der Waals surface area (Å²) in [6.45, 7) is 1.62. The molecule has 8 nitrogen and oxygen atoms in total. The molecule has 1 aromatic rings. The van der Waals surface area contributed by atoms with Gasteiger partial charge in [0, 0.05) is 6.04 Å². The molecule has 1 amide bonds. The van der Waals surface area contributed by atoms with Crippen LogP contribution in [0.25, 0.3) is 0 Å². The van der Waals surface area contributed by atoms with Crippen molar-refractivity contribution < 1.29 is 29.3 Å². The van der Waals surface area contributed by atoms with Crippen molar-refractivity contribution in [2.24, 2.45) is 11.7 Å². The Morgan fingerprint density at radius 2 is 1.75 bits per heavy atom. The number of carboxylic acids is 2. The first-order chi connectivity index (χ1) is 11.3. The van der Waals surface area contributed by atoms with E-state index in [0.29, 0.717) is 0 Å². The summed E-state index contributed by atoms with van der Waals surface area (Å²) >= 11 is 0. The number of carbonyl (C=O) groups is 3. The van der Waals surface area contributed by atoms with Crippen LogP contribution in [0.15, 0.2) is 30.3 Å². The van der Waals surface area contributed by atoms with Crippen LogP contribution in [0.2, 0.25) is 0 Å². The number of carbonyl (C=O) groups excluding carboxylic acids is 1. The number of hydrogen-bond donors (Lipinski definition) is 4. The van der Waals surface area contributed by atoms with Crippen LogP contribution in [0.4, 0.5) is 4.79 Å². The average Bonchev–Trinajstić information content (AvgIpc) is 2.51. The summed E-state index contributed by atoms with van der Waals surface area (Å²) in [6, 6.07) is 7.12. The number of hydrogen-bond acceptors (Lipinski definition) is 5. The topological polar surface area (TPSA) is 139 Å². The molecule has 0 aliphatic heterocycles. The zero-order chi connectivity index (χ0) is 18.1. The summed E-state index contributed by atoms with van der Waals surface area (Å²) < 4.78 is 4.95. The van der Waals surface area contributed by atoms with Gasteiger partial charge in [0.05, 0.1) is 5.92 Å². The van der Waals surface area contributed by atoms with Gasteiger partial charge in [0.15, 0.2) is 0 Å². The van der Waals surface area contributed by atoms with Crippen molar-refractivity contribution in [2.45, 2.75) is 38.5 Å². The van der Waals surface area contributed by atoms with E-state index < -0.39 is 36.0 Å². The molecule has 0 aliphatic carbocycles.